The smallest absolute Gasteiger partial charge is 0.312 e. The lowest BCUT2D eigenvalue weighted by atomic mass is 10.4. The monoisotopic (exact) mass is 224 g/mol. The van der Waals surface area contributed by atoms with E-state index in [1.165, 1.54) is 0 Å². The zero-order valence-electron chi connectivity index (χ0n) is 9.19. The summed E-state index contributed by atoms with van der Waals surface area (Å²) in [6.45, 7) is 3.48. The molecule has 0 saturated carbocycles. The summed E-state index contributed by atoms with van der Waals surface area (Å²) >= 11 is 0. The van der Waals surface area contributed by atoms with Crippen LogP contribution in [0.1, 0.15) is 6.92 Å². The van der Waals surface area contributed by atoms with E-state index in [-0.39, 0.29) is 0 Å². The first kappa shape index (κ1) is 12.1. The van der Waals surface area contributed by atoms with Crippen molar-refractivity contribution in [3.05, 3.63) is 18.3 Å². The molecule has 0 radical (unpaired) electrons. The molecular formula is C10H16N4O2. The Labute approximate surface area is 94.2 Å². The van der Waals surface area contributed by atoms with Crippen LogP contribution in [0.3, 0.4) is 0 Å². The molecule has 0 spiro atoms. The molecule has 0 atom stereocenters. The summed E-state index contributed by atoms with van der Waals surface area (Å²) in [6, 6.07) is 3.10. The molecular weight excluding hydrogens is 208 g/mol. The summed E-state index contributed by atoms with van der Waals surface area (Å²) in [5.41, 5.74) is 4.93. The highest BCUT2D eigenvalue weighted by Crippen LogP contribution is 2.19. The lowest BCUT2D eigenvalue weighted by Gasteiger charge is -2.10. The van der Waals surface area contributed by atoms with Crippen LogP contribution in [0.4, 0.5) is 10.6 Å². The highest BCUT2D eigenvalue weighted by molar-refractivity contribution is 5.71. The SMILES string of the molecule is CCOc1cccnc1NCCNC(N)=O. The maximum absolute atomic E-state index is 10.4. The number of rotatable bonds is 6. The van der Waals surface area contributed by atoms with Crippen molar-refractivity contribution in [2.45, 2.75) is 6.92 Å². The van der Waals surface area contributed by atoms with Crippen molar-refractivity contribution < 1.29 is 9.53 Å². The minimum Gasteiger partial charge on any atom is -0.490 e. The highest BCUT2D eigenvalue weighted by Gasteiger charge is 2.02. The zero-order valence-corrected chi connectivity index (χ0v) is 9.19. The summed E-state index contributed by atoms with van der Waals surface area (Å²) in [6.07, 6.45) is 1.67. The summed E-state index contributed by atoms with van der Waals surface area (Å²) in [5.74, 6) is 1.36. The molecule has 4 N–H and O–H groups in total. The van der Waals surface area contributed by atoms with Crippen LogP contribution < -0.4 is 21.1 Å². The molecule has 16 heavy (non-hydrogen) atoms. The number of carbonyl (C=O) groups is 1. The van der Waals surface area contributed by atoms with Gasteiger partial charge in [0.05, 0.1) is 6.61 Å². The quantitative estimate of drug-likeness (QED) is 0.616. The highest BCUT2D eigenvalue weighted by atomic mass is 16.5. The Balaban J connectivity index is 2.43. The number of aromatic nitrogens is 1. The number of hydrogen-bond acceptors (Lipinski definition) is 4. The molecule has 88 valence electrons. The van der Waals surface area contributed by atoms with E-state index in [9.17, 15) is 4.79 Å². The number of urea groups is 1. The van der Waals surface area contributed by atoms with Crippen LogP contribution in [-0.4, -0.2) is 30.7 Å². The van der Waals surface area contributed by atoms with Gasteiger partial charge in [0.2, 0.25) is 0 Å². The van der Waals surface area contributed by atoms with Crippen LogP contribution in [0.2, 0.25) is 0 Å². The molecule has 1 rings (SSSR count). The second-order valence-corrected chi connectivity index (χ2v) is 3.00. The lowest BCUT2D eigenvalue weighted by molar-refractivity contribution is 0.249. The fraction of sp³-hybridized carbons (Fsp3) is 0.400. The van der Waals surface area contributed by atoms with E-state index in [4.69, 9.17) is 10.5 Å². The second-order valence-electron chi connectivity index (χ2n) is 3.00. The standard InChI is InChI=1S/C10H16N4O2/c1-2-16-8-4-3-5-12-9(8)13-6-7-14-10(11)15/h3-5H,2,6-7H2,1H3,(H,12,13)(H3,11,14,15). The maximum Gasteiger partial charge on any atom is 0.312 e. The van der Waals surface area contributed by atoms with Gasteiger partial charge in [-0.2, -0.15) is 0 Å². The summed E-state index contributed by atoms with van der Waals surface area (Å²) in [7, 11) is 0. The lowest BCUT2D eigenvalue weighted by Crippen LogP contribution is -2.33. The van der Waals surface area contributed by atoms with Gasteiger partial charge in [0, 0.05) is 19.3 Å². The third-order valence-electron chi connectivity index (χ3n) is 1.79. The van der Waals surface area contributed by atoms with Gasteiger partial charge in [0.15, 0.2) is 11.6 Å². The zero-order chi connectivity index (χ0) is 11.8. The third-order valence-corrected chi connectivity index (χ3v) is 1.79. The number of nitrogens with one attached hydrogen (secondary N) is 2. The van der Waals surface area contributed by atoms with E-state index < -0.39 is 6.03 Å². The Morgan fingerprint density at radius 1 is 1.56 bits per heavy atom. The number of anilines is 1. The van der Waals surface area contributed by atoms with Crippen LogP contribution in [0.25, 0.3) is 0 Å². The van der Waals surface area contributed by atoms with Gasteiger partial charge in [-0.15, -0.1) is 0 Å². The van der Waals surface area contributed by atoms with Gasteiger partial charge >= 0.3 is 6.03 Å². The Morgan fingerprint density at radius 2 is 2.38 bits per heavy atom. The van der Waals surface area contributed by atoms with E-state index in [1.54, 1.807) is 12.3 Å². The number of carbonyl (C=O) groups excluding carboxylic acids is 1. The molecule has 0 aliphatic rings. The van der Waals surface area contributed by atoms with Crippen LogP contribution in [-0.2, 0) is 0 Å². The number of nitrogens with two attached hydrogens (primary N) is 1. The molecule has 0 bridgehead atoms. The molecule has 0 unspecified atom stereocenters. The fourth-order valence-electron chi connectivity index (χ4n) is 1.16. The van der Waals surface area contributed by atoms with Crippen molar-refractivity contribution in [1.29, 1.82) is 0 Å². The van der Waals surface area contributed by atoms with E-state index in [0.29, 0.717) is 31.3 Å². The predicted octanol–water partition coefficient (Wildman–Crippen LogP) is 0.560. The average Bonchev–Trinajstić information content (AvgIpc) is 2.26. The van der Waals surface area contributed by atoms with Crippen LogP contribution in [0, 0.1) is 0 Å². The van der Waals surface area contributed by atoms with Gasteiger partial charge in [-0.25, -0.2) is 9.78 Å². The number of pyridine rings is 1. The molecule has 0 fully saturated rings. The van der Waals surface area contributed by atoms with Crippen molar-refractivity contribution in [1.82, 2.24) is 10.3 Å². The van der Waals surface area contributed by atoms with Crippen LogP contribution in [0.5, 0.6) is 5.75 Å². The van der Waals surface area contributed by atoms with Crippen molar-refractivity contribution in [3.63, 3.8) is 0 Å². The van der Waals surface area contributed by atoms with Crippen LogP contribution >= 0.6 is 0 Å². The van der Waals surface area contributed by atoms with Gasteiger partial charge in [0.1, 0.15) is 0 Å². The number of hydrogen-bond donors (Lipinski definition) is 3. The van der Waals surface area contributed by atoms with Gasteiger partial charge in [-0.1, -0.05) is 0 Å². The molecule has 1 aromatic rings. The normalized spacial score (nSPS) is 9.56. The Bertz CT molecular complexity index is 343. The topological polar surface area (TPSA) is 89.3 Å². The van der Waals surface area contributed by atoms with Crippen molar-refractivity contribution in [2.75, 3.05) is 25.0 Å². The molecule has 1 aromatic heterocycles. The first-order valence-electron chi connectivity index (χ1n) is 5.09. The molecule has 0 aliphatic carbocycles. The molecule has 1 heterocycles. The molecule has 6 nitrogen and oxygen atoms in total. The fourth-order valence-corrected chi connectivity index (χ4v) is 1.16. The predicted molar refractivity (Wildman–Crippen MR) is 61.5 cm³/mol. The Kier molecular flexibility index (Phi) is 4.91. The second kappa shape index (κ2) is 6.49. The van der Waals surface area contributed by atoms with E-state index in [1.807, 2.05) is 13.0 Å². The summed E-state index contributed by atoms with van der Waals surface area (Å²) in [5, 5.41) is 5.52. The molecule has 0 aromatic carbocycles. The minimum absolute atomic E-state index is 0.442. The first-order valence-corrected chi connectivity index (χ1v) is 5.09. The molecule has 2 amide bonds. The maximum atomic E-state index is 10.4. The molecule has 6 heteroatoms. The Hall–Kier alpha value is -1.98. The number of amides is 2. The summed E-state index contributed by atoms with van der Waals surface area (Å²) in [4.78, 5) is 14.6. The number of nitrogens with zero attached hydrogens (tertiary/aromatic N) is 1. The van der Waals surface area contributed by atoms with E-state index >= 15 is 0 Å². The van der Waals surface area contributed by atoms with E-state index in [0.717, 1.165) is 0 Å². The van der Waals surface area contributed by atoms with Gasteiger partial charge < -0.3 is 21.1 Å². The largest absolute Gasteiger partial charge is 0.490 e. The number of primary amides is 1. The minimum atomic E-state index is -0.534. The van der Waals surface area contributed by atoms with E-state index in [2.05, 4.69) is 15.6 Å². The number of ether oxygens (including phenoxy) is 1. The van der Waals surface area contributed by atoms with Gasteiger partial charge in [0.25, 0.3) is 0 Å². The summed E-state index contributed by atoms with van der Waals surface area (Å²) < 4.78 is 5.38. The van der Waals surface area contributed by atoms with Crippen molar-refractivity contribution >= 4 is 11.8 Å². The third kappa shape index (κ3) is 4.04. The van der Waals surface area contributed by atoms with Gasteiger partial charge in [-0.3, -0.25) is 0 Å². The van der Waals surface area contributed by atoms with Gasteiger partial charge in [-0.05, 0) is 19.1 Å². The van der Waals surface area contributed by atoms with Crippen LogP contribution in [0.15, 0.2) is 18.3 Å². The molecule has 0 aliphatic heterocycles. The van der Waals surface area contributed by atoms with Crippen molar-refractivity contribution in [2.24, 2.45) is 5.73 Å². The Morgan fingerprint density at radius 3 is 3.06 bits per heavy atom. The molecule has 0 saturated heterocycles. The average molecular weight is 224 g/mol. The first-order chi connectivity index (χ1) is 7.74. The van der Waals surface area contributed by atoms with Crippen molar-refractivity contribution in [3.8, 4) is 5.75 Å².